The van der Waals surface area contributed by atoms with Crippen LogP contribution in [0.2, 0.25) is 0 Å². The number of hydrogen-bond acceptors (Lipinski definition) is 3. The van der Waals surface area contributed by atoms with Gasteiger partial charge < -0.3 is 15.0 Å². The van der Waals surface area contributed by atoms with Crippen LogP contribution in [0, 0.1) is 0 Å². The number of ether oxygens (including phenoxy) is 1. The third-order valence-electron chi connectivity index (χ3n) is 2.48. The fourth-order valence-electron chi connectivity index (χ4n) is 1.51. The smallest absolute Gasteiger partial charge is 0.410 e. The molecule has 0 heterocycles. The molecular weight excluding hydrogens is 228 g/mol. The summed E-state index contributed by atoms with van der Waals surface area (Å²) in [6.45, 7) is 8.42. The second kappa shape index (κ2) is 10.8. The van der Waals surface area contributed by atoms with Crippen LogP contribution in [0.5, 0.6) is 0 Å². The maximum atomic E-state index is 11.8. The highest BCUT2D eigenvalue weighted by molar-refractivity contribution is 5.67. The molecule has 0 aromatic carbocycles. The van der Waals surface area contributed by atoms with Gasteiger partial charge in [-0.25, -0.2) is 4.79 Å². The number of hydrogen-bond donors (Lipinski definition) is 1. The van der Waals surface area contributed by atoms with E-state index in [9.17, 15) is 4.79 Å². The van der Waals surface area contributed by atoms with Gasteiger partial charge in [-0.05, 0) is 32.9 Å². The minimum atomic E-state index is -0.251. The van der Waals surface area contributed by atoms with Crippen molar-refractivity contribution in [3.05, 3.63) is 23.8 Å². The molecule has 0 bridgehead atoms. The summed E-state index contributed by atoms with van der Waals surface area (Å²) in [4.78, 5) is 13.5. The second-order valence-electron chi connectivity index (χ2n) is 3.93. The lowest BCUT2D eigenvalue weighted by Gasteiger charge is -2.20. The van der Waals surface area contributed by atoms with Crippen LogP contribution in [0.25, 0.3) is 0 Å². The Labute approximate surface area is 111 Å². The van der Waals surface area contributed by atoms with Crippen molar-refractivity contribution < 1.29 is 9.53 Å². The first-order valence-corrected chi connectivity index (χ1v) is 6.57. The SMILES string of the molecule is C/C=C\C(=C/CC)COC(=O)N(CC)CCNC. The number of nitrogens with zero attached hydrogens (tertiary/aromatic N) is 1. The number of likely N-dealkylation sites (N-methyl/N-ethyl adjacent to an activating group) is 2. The molecule has 0 rings (SSSR count). The number of amides is 1. The van der Waals surface area contributed by atoms with Gasteiger partial charge in [0, 0.05) is 19.6 Å². The highest BCUT2D eigenvalue weighted by Gasteiger charge is 2.12. The van der Waals surface area contributed by atoms with Gasteiger partial charge >= 0.3 is 6.09 Å². The average Bonchev–Trinajstić information content (AvgIpc) is 2.37. The van der Waals surface area contributed by atoms with Crippen molar-refractivity contribution in [1.29, 1.82) is 0 Å². The van der Waals surface area contributed by atoms with Gasteiger partial charge in [0.25, 0.3) is 0 Å². The molecule has 0 aromatic heterocycles. The number of carbonyl (C=O) groups is 1. The first kappa shape index (κ1) is 16.7. The van der Waals surface area contributed by atoms with Crippen LogP contribution in [-0.4, -0.2) is 44.3 Å². The molecule has 104 valence electrons. The van der Waals surface area contributed by atoms with Crippen molar-refractivity contribution in [2.45, 2.75) is 27.2 Å². The summed E-state index contributed by atoms with van der Waals surface area (Å²) in [5, 5.41) is 3.02. The number of nitrogens with one attached hydrogen (secondary N) is 1. The summed E-state index contributed by atoms with van der Waals surface area (Å²) >= 11 is 0. The molecule has 4 nitrogen and oxygen atoms in total. The fraction of sp³-hybridized carbons (Fsp3) is 0.643. The van der Waals surface area contributed by atoms with E-state index in [0.29, 0.717) is 19.7 Å². The van der Waals surface area contributed by atoms with Gasteiger partial charge in [0.05, 0.1) is 0 Å². The fourth-order valence-corrected chi connectivity index (χ4v) is 1.51. The molecule has 0 fully saturated rings. The van der Waals surface area contributed by atoms with E-state index in [0.717, 1.165) is 18.5 Å². The van der Waals surface area contributed by atoms with E-state index in [1.807, 2.05) is 33.0 Å². The number of rotatable bonds is 8. The van der Waals surface area contributed by atoms with Crippen molar-refractivity contribution in [2.75, 3.05) is 33.3 Å². The molecule has 0 aliphatic carbocycles. The molecule has 18 heavy (non-hydrogen) atoms. The van der Waals surface area contributed by atoms with Gasteiger partial charge in [-0.3, -0.25) is 0 Å². The third-order valence-corrected chi connectivity index (χ3v) is 2.48. The molecule has 0 aliphatic rings. The second-order valence-corrected chi connectivity index (χ2v) is 3.93. The van der Waals surface area contributed by atoms with E-state index in [2.05, 4.69) is 18.3 Å². The van der Waals surface area contributed by atoms with E-state index in [4.69, 9.17) is 4.74 Å². The van der Waals surface area contributed by atoms with Crippen LogP contribution < -0.4 is 5.32 Å². The summed E-state index contributed by atoms with van der Waals surface area (Å²) in [7, 11) is 1.87. The van der Waals surface area contributed by atoms with E-state index in [-0.39, 0.29) is 6.09 Å². The van der Waals surface area contributed by atoms with Crippen LogP contribution in [-0.2, 0) is 4.74 Å². The Morgan fingerprint density at radius 3 is 2.61 bits per heavy atom. The zero-order valence-electron chi connectivity index (χ0n) is 12.0. The predicted octanol–water partition coefficient (Wildman–Crippen LogP) is 2.58. The van der Waals surface area contributed by atoms with Crippen molar-refractivity contribution in [3.63, 3.8) is 0 Å². The van der Waals surface area contributed by atoms with Gasteiger partial charge in [-0.1, -0.05) is 25.2 Å². The zero-order valence-corrected chi connectivity index (χ0v) is 12.0. The Kier molecular flexibility index (Phi) is 10.1. The van der Waals surface area contributed by atoms with Gasteiger partial charge in [-0.2, -0.15) is 0 Å². The first-order chi connectivity index (χ1) is 8.69. The lowest BCUT2D eigenvalue weighted by molar-refractivity contribution is 0.113. The lowest BCUT2D eigenvalue weighted by Crippen LogP contribution is -2.36. The van der Waals surface area contributed by atoms with E-state index in [1.165, 1.54) is 0 Å². The molecule has 4 heteroatoms. The van der Waals surface area contributed by atoms with Crippen LogP contribution in [0.4, 0.5) is 4.79 Å². The molecule has 0 saturated heterocycles. The Hall–Kier alpha value is -1.29. The monoisotopic (exact) mass is 254 g/mol. The highest BCUT2D eigenvalue weighted by atomic mass is 16.6. The largest absolute Gasteiger partial charge is 0.445 e. The van der Waals surface area contributed by atoms with Gasteiger partial charge in [0.15, 0.2) is 0 Å². The van der Waals surface area contributed by atoms with Crippen LogP contribution in [0.1, 0.15) is 27.2 Å². The summed E-state index contributed by atoms with van der Waals surface area (Å²) in [6.07, 6.45) is 6.68. The Bertz CT molecular complexity index is 286. The summed E-state index contributed by atoms with van der Waals surface area (Å²) < 4.78 is 5.30. The minimum Gasteiger partial charge on any atom is -0.445 e. The zero-order chi connectivity index (χ0) is 13.8. The van der Waals surface area contributed by atoms with Crippen molar-refractivity contribution >= 4 is 6.09 Å². The Morgan fingerprint density at radius 1 is 1.39 bits per heavy atom. The van der Waals surface area contributed by atoms with Crippen LogP contribution in [0.15, 0.2) is 23.8 Å². The molecule has 0 atom stereocenters. The third kappa shape index (κ3) is 7.12. The molecule has 0 aliphatic heterocycles. The molecule has 0 spiro atoms. The molecule has 0 aromatic rings. The number of carbonyl (C=O) groups excluding carboxylic acids is 1. The minimum absolute atomic E-state index is 0.251. The Balaban J connectivity index is 4.23. The van der Waals surface area contributed by atoms with Crippen LogP contribution >= 0.6 is 0 Å². The predicted molar refractivity (Wildman–Crippen MR) is 75.7 cm³/mol. The molecule has 1 amide bonds. The molecule has 0 unspecified atom stereocenters. The lowest BCUT2D eigenvalue weighted by atomic mass is 10.2. The normalized spacial score (nSPS) is 11.9. The standard InChI is InChI=1S/C14H26N2O2/c1-5-8-13(9-6-2)12-18-14(17)16(7-3)11-10-15-4/h5,8-9,15H,6-7,10-12H2,1-4H3/b8-5-,13-9+. The molecule has 1 N–H and O–H groups in total. The van der Waals surface area contributed by atoms with E-state index >= 15 is 0 Å². The maximum Gasteiger partial charge on any atom is 0.410 e. The average molecular weight is 254 g/mol. The quantitative estimate of drug-likeness (QED) is 0.677. The van der Waals surface area contributed by atoms with Crippen LogP contribution in [0.3, 0.4) is 0 Å². The first-order valence-electron chi connectivity index (χ1n) is 6.57. The molecular formula is C14H26N2O2. The topological polar surface area (TPSA) is 41.6 Å². The Morgan fingerprint density at radius 2 is 2.11 bits per heavy atom. The van der Waals surface area contributed by atoms with Gasteiger partial charge in [-0.15, -0.1) is 0 Å². The molecule has 0 radical (unpaired) electrons. The highest BCUT2D eigenvalue weighted by Crippen LogP contribution is 2.03. The van der Waals surface area contributed by atoms with Gasteiger partial charge in [0.1, 0.15) is 6.61 Å². The van der Waals surface area contributed by atoms with Crippen molar-refractivity contribution in [1.82, 2.24) is 10.2 Å². The number of allylic oxidation sites excluding steroid dienone is 2. The van der Waals surface area contributed by atoms with Gasteiger partial charge in [0.2, 0.25) is 0 Å². The summed E-state index contributed by atoms with van der Waals surface area (Å²) in [5.74, 6) is 0. The molecule has 0 saturated carbocycles. The van der Waals surface area contributed by atoms with E-state index < -0.39 is 0 Å². The van der Waals surface area contributed by atoms with Crippen molar-refractivity contribution in [2.24, 2.45) is 0 Å². The summed E-state index contributed by atoms with van der Waals surface area (Å²) in [5.41, 5.74) is 1.04. The summed E-state index contributed by atoms with van der Waals surface area (Å²) in [6, 6.07) is 0. The van der Waals surface area contributed by atoms with E-state index in [1.54, 1.807) is 4.90 Å². The van der Waals surface area contributed by atoms with Crippen molar-refractivity contribution in [3.8, 4) is 0 Å². The maximum absolute atomic E-state index is 11.8.